The minimum absolute atomic E-state index is 0.171. The van der Waals surface area contributed by atoms with Crippen LogP contribution in [0.1, 0.15) is 40.5 Å². The quantitative estimate of drug-likeness (QED) is 0.453. The van der Waals surface area contributed by atoms with Gasteiger partial charge in [-0.2, -0.15) is 7.80 Å². The van der Waals surface area contributed by atoms with Gasteiger partial charge in [-0.3, -0.25) is 0 Å². The van der Waals surface area contributed by atoms with Crippen LogP contribution in [-0.4, -0.2) is 18.9 Å². The van der Waals surface area contributed by atoms with E-state index in [0.717, 1.165) is 23.2 Å². The van der Waals surface area contributed by atoms with Crippen LogP contribution in [0.5, 0.6) is 0 Å². The summed E-state index contributed by atoms with van der Waals surface area (Å²) in [6.45, 7) is 9.26. The molecule has 0 aromatic rings. The van der Waals surface area contributed by atoms with Gasteiger partial charge in [-0.1, -0.05) is 27.7 Å². The molecule has 1 saturated heterocycles. The van der Waals surface area contributed by atoms with Gasteiger partial charge in [0.2, 0.25) is 0 Å². The largest absolute Gasteiger partial charge is 0.150 e. The number of hydrogen-bond donors (Lipinski definition) is 0. The fourth-order valence-electron chi connectivity index (χ4n) is 2.24. The summed E-state index contributed by atoms with van der Waals surface area (Å²) in [5.41, 5.74) is 1.68. The Bertz CT molecular complexity index is 129. The Balaban J connectivity index is 2.55. The third kappa shape index (κ3) is 2.05. The topological polar surface area (TPSA) is 0 Å². The lowest BCUT2D eigenvalue weighted by Crippen LogP contribution is -2.13. The van der Waals surface area contributed by atoms with Gasteiger partial charge in [0.05, 0.1) is 0 Å². The Kier molecular flexibility index (Phi) is 3.65. The standard InChI is InChI=1S/C10H20BP/c1-7(2)9-5-6-10(8(3)4)12(9)11/h7-10H,5-6H2,1-4H3/t9-,10-/m1/s1. The van der Waals surface area contributed by atoms with Crippen molar-refractivity contribution in [3.05, 3.63) is 0 Å². The molecule has 1 fully saturated rings. The van der Waals surface area contributed by atoms with Crippen LogP contribution in [-0.2, 0) is 0 Å². The first-order valence-corrected chi connectivity index (χ1v) is 6.62. The first-order chi connectivity index (χ1) is 5.54. The lowest BCUT2D eigenvalue weighted by atomic mass is 10.0. The van der Waals surface area contributed by atoms with Gasteiger partial charge in [0.1, 0.15) is 7.57 Å². The Hall–Kier alpha value is 0.495. The molecule has 2 radical (unpaired) electrons. The molecule has 1 aliphatic heterocycles. The van der Waals surface area contributed by atoms with Gasteiger partial charge in [0.25, 0.3) is 0 Å². The summed E-state index contributed by atoms with van der Waals surface area (Å²) in [4.78, 5) is 0. The second-order valence-corrected chi connectivity index (χ2v) is 6.87. The Morgan fingerprint density at radius 1 is 1.00 bits per heavy atom. The maximum atomic E-state index is 6.29. The van der Waals surface area contributed by atoms with Crippen LogP contribution in [0.25, 0.3) is 0 Å². The fraction of sp³-hybridized carbons (Fsp3) is 1.00. The summed E-state index contributed by atoms with van der Waals surface area (Å²) in [6, 6.07) is 0. The van der Waals surface area contributed by atoms with Crippen LogP contribution >= 0.6 is 7.80 Å². The second-order valence-electron chi connectivity index (χ2n) is 4.65. The van der Waals surface area contributed by atoms with Crippen LogP contribution in [0.15, 0.2) is 0 Å². The monoisotopic (exact) mass is 182 g/mol. The van der Waals surface area contributed by atoms with Gasteiger partial charge in [0.15, 0.2) is 0 Å². The van der Waals surface area contributed by atoms with E-state index < -0.39 is 0 Å². The third-order valence-corrected chi connectivity index (χ3v) is 6.30. The molecule has 0 aromatic heterocycles. The smallest absolute Gasteiger partial charge is 0.109 e. The van der Waals surface area contributed by atoms with E-state index in [0.29, 0.717) is 0 Å². The Morgan fingerprint density at radius 2 is 1.33 bits per heavy atom. The number of hydrogen-bond acceptors (Lipinski definition) is 0. The molecule has 0 N–H and O–H groups in total. The molecule has 2 atom stereocenters. The van der Waals surface area contributed by atoms with Crippen LogP contribution in [0.3, 0.4) is 0 Å². The highest BCUT2D eigenvalue weighted by Crippen LogP contribution is 2.56. The van der Waals surface area contributed by atoms with Gasteiger partial charge < -0.3 is 0 Å². The molecule has 0 aliphatic carbocycles. The molecule has 0 aromatic carbocycles. The summed E-state index contributed by atoms with van der Waals surface area (Å²) in [6.07, 6.45) is 2.76. The molecule has 1 aliphatic rings. The fourth-order valence-corrected chi connectivity index (χ4v) is 5.00. The van der Waals surface area contributed by atoms with Crippen molar-refractivity contribution in [2.45, 2.75) is 51.9 Å². The Morgan fingerprint density at radius 3 is 1.50 bits per heavy atom. The molecule has 1 heterocycles. The molecule has 12 heavy (non-hydrogen) atoms. The van der Waals surface area contributed by atoms with Crippen molar-refractivity contribution < 1.29 is 0 Å². The van der Waals surface area contributed by atoms with E-state index in [1.807, 2.05) is 0 Å². The molecule has 0 saturated carbocycles. The molecule has 68 valence electrons. The zero-order valence-corrected chi connectivity index (χ0v) is 9.64. The van der Waals surface area contributed by atoms with E-state index in [9.17, 15) is 0 Å². The van der Waals surface area contributed by atoms with Crippen molar-refractivity contribution in [3.63, 3.8) is 0 Å². The SMILES string of the molecule is [B]P1[C@@H](C(C)C)CC[C@@H]1C(C)C. The summed E-state index contributed by atoms with van der Waals surface area (Å²) in [5.74, 6) is 1.59. The summed E-state index contributed by atoms with van der Waals surface area (Å²) >= 11 is 0. The molecule has 2 heteroatoms. The molecular weight excluding hydrogens is 162 g/mol. The van der Waals surface area contributed by atoms with Crippen LogP contribution in [0.2, 0.25) is 0 Å². The third-order valence-electron chi connectivity index (χ3n) is 3.06. The van der Waals surface area contributed by atoms with E-state index in [1.54, 1.807) is 0 Å². The van der Waals surface area contributed by atoms with E-state index >= 15 is 0 Å². The van der Waals surface area contributed by atoms with E-state index in [1.165, 1.54) is 12.8 Å². The minimum Gasteiger partial charge on any atom is -0.150 e. The second kappa shape index (κ2) is 4.14. The summed E-state index contributed by atoms with van der Waals surface area (Å²) in [7, 11) is 6.12. The van der Waals surface area contributed by atoms with Crippen molar-refractivity contribution in [3.8, 4) is 0 Å². The Labute approximate surface area is 79.6 Å². The molecular formula is C10H20BP. The molecule has 1 rings (SSSR count). The highest BCUT2D eigenvalue weighted by molar-refractivity contribution is 7.83. The van der Waals surface area contributed by atoms with Gasteiger partial charge in [-0.25, -0.2) is 0 Å². The summed E-state index contributed by atoms with van der Waals surface area (Å²) in [5, 5.41) is 0. The normalized spacial score (nSPS) is 32.2. The zero-order valence-electron chi connectivity index (χ0n) is 8.75. The van der Waals surface area contributed by atoms with Crippen molar-refractivity contribution >= 4 is 15.4 Å². The maximum absolute atomic E-state index is 6.29. The molecule has 0 bridgehead atoms. The van der Waals surface area contributed by atoms with Crippen molar-refractivity contribution in [1.29, 1.82) is 0 Å². The first-order valence-electron chi connectivity index (χ1n) is 5.07. The predicted molar refractivity (Wildman–Crippen MR) is 59.2 cm³/mol. The van der Waals surface area contributed by atoms with Crippen molar-refractivity contribution in [1.82, 2.24) is 0 Å². The first kappa shape index (κ1) is 10.6. The lowest BCUT2D eigenvalue weighted by Gasteiger charge is -2.27. The van der Waals surface area contributed by atoms with Crippen LogP contribution < -0.4 is 0 Å². The number of rotatable bonds is 2. The van der Waals surface area contributed by atoms with Gasteiger partial charge in [-0.05, 0) is 36.0 Å². The van der Waals surface area contributed by atoms with Gasteiger partial charge >= 0.3 is 0 Å². The van der Waals surface area contributed by atoms with Crippen molar-refractivity contribution in [2.75, 3.05) is 0 Å². The van der Waals surface area contributed by atoms with Gasteiger partial charge in [0, 0.05) is 0 Å². The highest BCUT2D eigenvalue weighted by Gasteiger charge is 2.34. The van der Waals surface area contributed by atoms with E-state index in [2.05, 4.69) is 27.7 Å². The molecule has 0 spiro atoms. The predicted octanol–water partition coefficient (Wildman–Crippen LogP) is 3.39. The van der Waals surface area contributed by atoms with Crippen LogP contribution in [0.4, 0.5) is 0 Å². The highest BCUT2D eigenvalue weighted by atomic mass is 31.1. The van der Waals surface area contributed by atoms with Crippen LogP contribution in [0, 0.1) is 11.8 Å². The minimum atomic E-state index is -0.171. The summed E-state index contributed by atoms with van der Waals surface area (Å²) < 4.78 is 0. The maximum Gasteiger partial charge on any atom is 0.109 e. The van der Waals surface area contributed by atoms with Crippen molar-refractivity contribution in [2.24, 2.45) is 11.8 Å². The molecule has 0 amide bonds. The average Bonchev–Trinajstić information content (AvgIpc) is 2.30. The molecule has 0 nitrogen and oxygen atoms in total. The molecule has 0 unspecified atom stereocenters. The lowest BCUT2D eigenvalue weighted by molar-refractivity contribution is 0.543. The average molecular weight is 182 g/mol. The zero-order chi connectivity index (χ0) is 9.30. The van der Waals surface area contributed by atoms with Gasteiger partial charge in [-0.15, -0.1) is 0 Å². The van der Waals surface area contributed by atoms with E-state index in [4.69, 9.17) is 7.57 Å². The van der Waals surface area contributed by atoms with E-state index in [-0.39, 0.29) is 7.80 Å².